The smallest absolute Gasteiger partial charge is 0.243 e. The Kier molecular flexibility index (Phi) is 7.02. The van der Waals surface area contributed by atoms with Gasteiger partial charge in [0, 0.05) is 17.5 Å². The molecule has 0 unspecified atom stereocenters. The fourth-order valence-electron chi connectivity index (χ4n) is 4.09. The Hall–Kier alpha value is -2.17. The minimum atomic E-state index is 0.0239. The lowest BCUT2D eigenvalue weighted by Crippen LogP contribution is -2.29. The summed E-state index contributed by atoms with van der Waals surface area (Å²) in [6.45, 7) is 1.88. The molecule has 2 aliphatic rings. The van der Waals surface area contributed by atoms with E-state index in [2.05, 4.69) is 15.8 Å². The first-order chi connectivity index (χ1) is 13.1. The third-order valence-corrected chi connectivity index (χ3v) is 5.83. The van der Waals surface area contributed by atoms with E-state index in [1.54, 1.807) is 0 Å². The van der Waals surface area contributed by atoms with Gasteiger partial charge in [-0.1, -0.05) is 50.7 Å². The maximum absolute atomic E-state index is 12.4. The Bertz CT molecular complexity index is 687. The van der Waals surface area contributed by atoms with E-state index >= 15 is 0 Å². The molecule has 146 valence electrons. The fourth-order valence-corrected chi connectivity index (χ4v) is 4.09. The van der Waals surface area contributed by atoms with Gasteiger partial charge in [-0.05, 0) is 50.3 Å². The van der Waals surface area contributed by atoms with Crippen LogP contribution < -0.4 is 10.7 Å². The molecule has 27 heavy (non-hydrogen) atoms. The Balaban J connectivity index is 1.58. The van der Waals surface area contributed by atoms with E-state index in [9.17, 15) is 9.59 Å². The summed E-state index contributed by atoms with van der Waals surface area (Å²) in [4.78, 5) is 24.7. The molecule has 2 N–H and O–H groups in total. The summed E-state index contributed by atoms with van der Waals surface area (Å²) in [5, 5.41) is 7.33. The summed E-state index contributed by atoms with van der Waals surface area (Å²) in [5.41, 5.74) is 5.16. The zero-order chi connectivity index (χ0) is 19.1. The lowest BCUT2D eigenvalue weighted by Gasteiger charge is -2.21. The van der Waals surface area contributed by atoms with Crippen LogP contribution in [0.25, 0.3) is 0 Å². The van der Waals surface area contributed by atoms with Crippen LogP contribution in [-0.2, 0) is 9.59 Å². The second-order valence-electron chi connectivity index (χ2n) is 7.91. The molecule has 0 aromatic heterocycles. The van der Waals surface area contributed by atoms with Gasteiger partial charge < -0.3 is 5.32 Å². The predicted octanol–water partition coefficient (Wildman–Crippen LogP) is 4.63. The van der Waals surface area contributed by atoms with Gasteiger partial charge in [0.15, 0.2) is 0 Å². The predicted molar refractivity (Wildman–Crippen MR) is 109 cm³/mol. The van der Waals surface area contributed by atoms with Crippen molar-refractivity contribution in [1.29, 1.82) is 0 Å². The van der Waals surface area contributed by atoms with Crippen LogP contribution in [0.2, 0.25) is 0 Å². The number of hydrogen-bond acceptors (Lipinski definition) is 3. The number of rotatable bonds is 5. The van der Waals surface area contributed by atoms with E-state index in [-0.39, 0.29) is 23.7 Å². The number of carbonyl (C=O) groups is 2. The van der Waals surface area contributed by atoms with Gasteiger partial charge in [0.05, 0.1) is 5.71 Å². The highest BCUT2D eigenvalue weighted by Gasteiger charge is 2.22. The topological polar surface area (TPSA) is 70.6 Å². The van der Waals surface area contributed by atoms with Crippen LogP contribution in [0.1, 0.15) is 76.7 Å². The van der Waals surface area contributed by atoms with Gasteiger partial charge in [0.25, 0.3) is 0 Å². The monoisotopic (exact) mass is 369 g/mol. The minimum absolute atomic E-state index is 0.0239. The summed E-state index contributed by atoms with van der Waals surface area (Å²) in [7, 11) is 0. The van der Waals surface area contributed by atoms with Gasteiger partial charge in [-0.3, -0.25) is 9.59 Å². The Morgan fingerprint density at radius 3 is 2.11 bits per heavy atom. The molecule has 5 heteroatoms. The van der Waals surface area contributed by atoms with Crippen molar-refractivity contribution in [3.05, 3.63) is 29.8 Å². The zero-order valence-corrected chi connectivity index (χ0v) is 16.3. The van der Waals surface area contributed by atoms with E-state index in [0.29, 0.717) is 0 Å². The average molecular weight is 370 g/mol. The number of nitrogens with zero attached hydrogens (tertiary/aromatic N) is 1. The maximum Gasteiger partial charge on any atom is 0.243 e. The second-order valence-corrected chi connectivity index (χ2v) is 7.91. The number of carbonyl (C=O) groups excluding carboxylic acids is 2. The summed E-state index contributed by atoms with van der Waals surface area (Å²) < 4.78 is 0. The third kappa shape index (κ3) is 5.65. The van der Waals surface area contributed by atoms with E-state index in [1.165, 1.54) is 12.8 Å². The summed E-state index contributed by atoms with van der Waals surface area (Å²) >= 11 is 0. The van der Waals surface area contributed by atoms with Crippen LogP contribution in [0.15, 0.2) is 29.4 Å². The number of anilines is 1. The van der Waals surface area contributed by atoms with Crippen LogP contribution >= 0.6 is 0 Å². The van der Waals surface area contributed by atoms with Crippen molar-refractivity contribution in [2.75, 3.05) is 5.32 Å². The largest absolute Gasteiger partial charge is 0.326 e. The molecule has 0 aliphatic heterocycles. The fraction of sp³-hybridized carbons (Fsp3) is 0.591. The number of amides is 2. The van der Waals surface area contributed by atoms with Crippen molar-refractivity contribution in [3.63, 3.8) is 0 Å². The van der Waals surface area contributed by atoms with Crippen molar-refractivity contribution in [2.45, 2.75) is 71.1 Å². The molecule has 1 aromatic carbocycles. The van der Waals surface area contributed by atoms with Crippen molar-refractivity contribution >= 4 is 23.2 Å². The summed E-state index contributed by atoms with van der Waals surface area (Å²) in [6.07, 6.45) is 10.9. The quantitative estimate of drug-likeness (QED) is 0.587. The normalized spacial score (nSPS) is 19.5. The van der Waals surface area contributed by atoms with Gasteiger partial charge >= 0.3 is 0 Å². The van der Waals surface area contributed by atoms with Gasteiger partial charge in [-0.15, -0.1) is 0 Å². The highest BCUT2D eigenvalue weighted by atomic mass is 16.2. The highest BCUT2D eigenvalue weighted by Crippen LogP contribution is 2.25. The summed E-state index contributed by atoms with van der Waals surface area (Å²) in [6, 6.07) is 7.68. The molecular weight excluding hydrogens is 338 g/mol. The molecule has 0 saturated heterocycles. The molecule has 2 amide bonds. The molecule has 2 fully saturated rings. The lowest BCUT2D eigenvalue weighted by atomic mass is 9.88. The van der Waals surface area contributed by atoms with Gasteiger partial charge in [0.2, 0.25) is 11.8 Å². The van der Waals surface area contributed by atoms with E-state index < -0.39 is 0 Å². The lowest BCUT2D eigenvalue weighted by molar-refractivity contribution is -0.126. The molecular formula is C22H31N3O2. The highest BCUT2D eigenvalue weighted by molar-refractivity contribution is 6.01. The molecule has 0 bridgehead atoms. The van der Waals surface area contributed by atoms with Crippen molar-refractivity contribution in [2.24, 2.45) is 16.9 Å². The molecule has 0 radical (unpaired) electrons. The number of hydrazone groups is 1. The van der Waals surface area contributed by atoms with Crippen LogP contribution in [0.5, 0.6) is 0 Å². The van der Waals surface area contributed by atoms with E-state index in [1.807, 2.05) is 31.2 Å². The third-order valence-electron chi connectivity index (χ3n) is 5.83. The minimum Gasteiger partial charge on any atom is -0.326 e. The van der Waals surface area contributed by atoms with Gasteiger partial charge in [-0.25, -0.2) is 5.43 Å². The molecule has 0 heterocycles. The molecule has 3 rings (SSSR count). The van der Waals surface area contributed by atoms with Crippen LogP contribution in [-0.4, -0.2) is 17.5 Å². The van der Waals surface area contributed by atoms with Crippen LogP contribution in [0, 0.1) is 11.8 Å². The number of benzene rings is 1. The molecule has 5 nitrogen and oxygen atoms in total. The number of nitrogens with one attached hydrogen (secondary N) is 2. The maximum atomic E-state index is 12.4. The Morgan fingerprint density at radius 2 is 1.48 bits per heavy atom. The Morgan fingerprint density at radius 1 is 0.889 bits per heavy atom. The Labute approximate surface area is 162 Å². The van der Waals surface area contributed by atoms with Crippen LogP contribution in [0.4, 0.5) is 5.69 Å². The van der Waals surface area contributed by atoms with E-state index in [0.717, 1.165) is 68.3 Å². The molecule has 0 spiro atoms. The molecule has 1 aromatic rings. The van der Waals surface area contributed by atoms with Crippen LogP contribution in [0.3, 0.4) is 0 Å². The first-order valence-corrected chi connectivity index (χ1v) is 10.4. The van der Waals surface area contributed by atoms with Crippen molar-refractivity contribution in [1.82, 2.24) is 5.43 Å². The van der Waals surface area contributed by atoms with E-state index in [4.69, 9.17) is 0 Å². The number of hydrogen-bond donors (Lipinski definition) is 2. The first kappa shape index (κ1) is 19.6. The summed E-state index contributed by atoms with van der Waals surface area (Å²) in [5.74, 6) is 0.367. The second kappa shape index (κ2) is 9.67. The molecule has 2 aliphatic carbocycles. The average Bonchev–Trinajstić information content (AvgIpc) is 2.73. The zero-order valence-electron chi connectivity index (χ0n) is 16.3. The SMILES string of the molecule is CC(=NNC(=O)C1CCCCC1)c1cccc(NC(=O)C2CCCCC2)c1. The van der Waals surface area contributed by atoms with Crippen molar-refractivity contribution in [3.8, 4) is 0 Å². The van der Waals surface area contributed by atoms with Gasteiger partial charge in [0.1, 0.15) is 0 Å². The molecule has 2 saturated carbocycles. The first-order valence-electron chi connectivity index (χ1n) is 10.4. The van der Waals surface area contributed by atoms with Crippen molar-refractivity contribution < 1.29 is 9.59 Å². The standard InChI is InChI=1S/C22H31N3O2/c1-16(24-25-22(27)18-11-6-3-7-12-18)19-13-8-14-20(15-19)23-21(26)17-9-4-2-5-10-17/h8,13-15,17-18H,2-7,9-12H2,1H3,(H,23,26)(H,25,27). The molecule has 0 atom stereocenters. The van der Waals surface area contributed by atoms with Gasteiger partial charge in [-0.2, -0.15) is 5.10 Å².